The molecular weight excluding hydrogens is 266 g/mol. The Hall–Kier alpha value is -1.11. The summed E-state index contributed by atoms with van der Waals surface area (Å²) in [5.41, 5.74) is 0. The number of methoxy groups -OCH3 is 1. The van der Waals surface area contributed by atoms with Crippen LogP contribution < -0.4 is 9.46 Å². The highest BCUT2D eigenvalue weighted by Crippen LogP contribution is 2.15. The van der Waals surface area contributed by atoms with Crippen molar-refractivity contribution in [3.63, 3.8) is 0 Å². The van der Waals surface area contributed by atoms with Gasteiger partial charge in [0, 0.05) is 13.2 Å². The molecule has 0 bridgehead atoms. The van der Waals surface area contributed by atoms with Crippen molar-refractivity contribution in [3.05, 3.63) is 24.3 Å². The van der Waals surface area contributed by atoms with E-state index in [4.69, 9.17) is 9.84 Å². The van der Waals surface area contributed by atoms with Crippen LogP contribution in [0.1, 0.15) is 19.8 Å². The maximum atomic E-state index is 11.9. The zero-order valence-corrected chi connectivity index (χ0v) is 12.1. The Kier molecular flexibility index (Phi) is 6.27. The van der Waals surface area contributed by atoms with Crippen molar-refractivity contribution in [2.45, 2.75) is 24.7 Å². The minimum atomic E-state index is -3.46. The molecule has 1 aromatic rings. The number of rotatable bonds is 8. The molecule has 0 aliphatic heterocycles. The Morgan fingerprint density at radius 3 is 2.47 bits per heavy atom. The Morgan fingerprint density at radius 1 is 1.32 bits per heavy atom. The summed E-state index contributed by atoms with van der Waals surface area (Å²) in [5, 5.41) is 8.87. The monoisotopic (exact) mass is 287 g/mol. The molecule has 0 aromatic heterocycles. The average Bonchev–Trinajstić information content (AvgIpc) is 2.43. The third kappa shape index (κ3) is 5.18. The molecule has 19 heavy (non-hydrogen) atoms. The van der Waals surface area contributed by atoms with Gasteiger partial charge in [-0.15, -0.1) is 0 Å². The van der Waals surface area contributed by atoms with Crippen LogP contribution in [-0.2, 0) is 10.0 Å². The summed E-state index contributed by atoms with van der Waals surface area (Å²) in [6, 6.07) is 6.25. The first-order valence-electron chi connectivity index (χ1n) is 6.24. The lowest BCUT2D eigenvalue weighted by Gasteiger charge is -2.09. The second-order valence-corrected chi connectivity index (χ2v) is 6.27. The molecule has 1 rings (SSSR count). The number of ether oxygens (including phenoxy) is 1. The van der Waals surface area contributed by atoms with E-state index in [1.165, 1.54) is 19.2 Å². The van der Waals surface area contributed by atoms with Crippen LogP contribution in [0.25, 0.3) is 0 Å². The van der Waals surface area contributed by atoms with Gasteiger partial charge in [0.2, 0.25) is 10.0 Å². The molecule has 0 saturated heterocycles. The molecule has 0 aliphatic rings. The molecule has 0 amide bonds. The average molecular weight is 287 g/mol. The third-order valence-electron chi connectivity index (χ3n) is 2.85. The fraction of sp³-hybridized carbons (Fsp3) is 0.538. The maximum Gasteiger partial charge on any atom is 0.240 e. The maximum absolute atomic E-state index is 11.9. The summed E-state index contributed by atoms with van der Waals surface area (Å²) < 4.78 is 31.4. The summed E-state index contributed by atoms with van der Waals surface area (Å²) in [4.78, 5) is 0.225. The van der Waals surface area contributed by atoms with Crippen LogP contribution in [-0.4, -0.2) is 33.8 Å². The van der Waals surface area contributed by atoms with Crippen LogP contribution in [0, 0.1) is 5.92 Å². The molecule has 2 N–H and O–H groups in total. The van der Waals surface area contributed by atoms with E-state index in [1.54, 1.807) is 12.1 Å². The third-order valence-corrected chi connectivity index (χ3v) is 4.32. The molecule has 6 heteroatoms. The van der Waals surface area contributed by atoms with Crippen LogP contribution in [0.2, 0.25) is 0 Å². The highest BCUT2D eigenvalue weighted by molar-refractivity contribution is 7.89. The number of sulfonamides is 1. The van der Waals surface area contributed by atoms with E-state index in [0.717, 1.165) is 6.42 Å². The van der Waals surface area contributed by atoms with E-state index in [-0.39, 0.29) is 17.4 Å². The van der Waals surface area contributed by atoms with E-state index in [0.29, 0.717) is 18.7 Å². The van der Waals surface area contributed by atoms with Crippen molar-refractivity contribution in [1.29, 1.82) is 0 Å². The number of aliphatic hydroxyl groups is 1. The first-order chi connectivity index (χ1) is 8.99. The molecule has 0 heterocycles. The van der Waals surface area contributed by atoms with Crippen molar-refractivity contribution in [3.8, 4) is 5.75 Å². The predicted octanol–water partition coefficient (Wildman–Crippen LogP) is 1.38. The molecule has 1 aromatic carbocycles. The SMILES string of the molecule is COc1ccc(S(=O)(=O)NCCCC(C)CO)cc1. The molecule has 0 saturated carbocycles. The number of hydrogen-bond acceptors (Lipinski definition) is 4. The Morgan fingerprint density at radius 2 is 1.95 bits per heavy atom. The van der Waals surface area contributed by atoms with Crippen LogP contribution >= 0.6 is 0 Å². The summed E-state index contributed by atoms with van der Waals surface area (Å²) in [6.07, 6.45) is 1.50. The Bertz CT molecular complexity index is 470. The number of hydrogen-bond donors (Lipinski definition) is 2. The number of benzene rings is 1. The van der Waals surface area contributed by atoms with Gasteiger partial charge >= 0.3 is 0 Å². The first-order valence-corrected chi connectivity index (χ1v) is 7.72. The van der Waals surface area contributed by atoms with Gasteiger partial charge < -0.3 is 9.84 Å². The van der Waals surface area contributed by atoms with E-state index in [2.05, 4.69) is 4.72 Å². The predicted molar refractivity (Wildman–Crippen MR) is 73.7 cm³/mol. The molecule has 1 atom stereocenters. The smallest absolute Gasteiger partial charge is 0.240 e. The lowest BCUT2D eigenvalue weighted by atomic mass is 10.1. The number of nitrogens with one attached hydrogen (secondary N) is 1. The van der Waals surface area contributed by atoms with E-state index < -0.39 is 10.0 Å². The molecule has 1 unspecified atom stereocenters. The van der Waals surface area contributed by atoms with E-state index >= 15 is 0 Å². The minimum absolute atomic E-state index is 0.130. The zero-order valence-electron chi connectivity index (χ0n) is 11.3. The number of aliphatic hydroxyl groups excluding tert-OH is 1. The van der Waals surface area contributed by atoms with Crippen molar-refractivity contribution >= 4 is 10.0 Å². The van der Waals surface area contributed by atoms with Gasteiger partial charge in [-0.3, -0.25) is 0 Å². The largest absolute Gasteiger partial charge is 0.497 e. The van der Waals surface area contributed by atoms with Crippen molar-refractivity contribution in [1.82, 2.24) is 4.72 Å². The fourth-order valence-electron chi connectivity index (χ4n) is 1.59. The van der Waals surface area contributed by atoms with Gasteiger partial charge in [0.05, 0.1) is 12.0 Å². The quantitative estimate of drug-likeness (QED) is 0.708. The van der Waals surface area contributed by atoms with Crippen LogP contribution in [0.3, 0.4) is 0 Å². The Labute approximate surface area is 114 Å². The van der Waals surface area contributed by atoms with Gasteiger partial charge in [-0.25, -0.2) is 13.1 Å². The molecule has 0 aliphatic carbocycles. The lowest BCUT2D eigenvalue weighted by molar-refractivity contribution is 0.228. The van der Waals surface area contributed by atoms with Crippen LogP contribution in [0.15, 0.2) is 29.2 Å². The van der Waals surface area contributed by atoms with Crippen molar-refractivity contribution < 1.29 is 18.3 Å². The summed E-state index contributed by atoms with van der Waals surface area (Å²) in [5.74, 6) is 0.821. The van der Waals surface area contributed by atoms with Crippen LogP contribution in [0.4, 0.5) is 0 Å². The molecule has 0 spiro atoms. The van der Waals surface area contributed by atoms with Gasteiger partial charge in [-0.05, 0) is 43.0 Å². The topological polar surface area (TPSA) is 75.6 Å². The van der Waals surface area contributed by atoms with Crippen molar-refractivity contribution in [2.75, 3.05) is 20.3 Å². The van der Waals surface area contributed by atoms with Gasteiger partial charge in [-0.2, -0.15) is 0 Å². The van der Waals surface area contributed by atoms with E-state index in [1.807, 2.05) is 6.92 Å². The van der Waals surface area contributed by atoms with Gasteiger partial charge in [-0.1, -0.05) is 6.92 Å². The Balaban J connectivity index is 2.51. The molecule has 5 nitrogen and oxygen atoms in total. The van der Waals surface area contributed by atoms with Crippen LogP contribution in [0.5, 0.6) is 5.75 Å². The molecule has 0 fully saturated rings. The van der Waals surface area contributed by atoms with Crippen molar-refractivity contribution in [2.24, 2.45) is 5.92 Å². The van der Waals surface area contributed by atoms with Gasteiger partial charge in [0.15, 0.2) is 0 Å². The minimum Gasteiger partial charge on any atom is -0.497 e. The first kappa shape index (κ1) is 15.9. The molecule has 108 valence electrons. The summed E-state index contributed by atoms with van der Waals surface area (Å²) in [7, 11) is -1.93. The normalized spacial score (nSPS) is 13.2. The van der Waals surface area contributed by atoms with Gasteiger partial charge in [0.1, 0.15) is 5.75 Å². The molecular formula is C13H21NO4S. The standard InChI is InChI=1S/C13H21NO4S/c1-11(10-15)4-3-9-14-19(16,17)13-7-5-12(18-2)6-8-13/h5-8,11,14-15H,3-4,9-10H2,1-2H3. The lowest BCUT2D eigenvalue weighted by Crippen LogP contribution is -2.25. The second kappa shape index (κ2) is 7.47. The highest BCUT2D eigenvalue weighted by Gasteiger charge is 2.13. The summed E-state index contributed by atoms with van der Waals surface area (Å²) in [6.45, 7) is 2.43. The fourth-order valence-corrected chi connectivity index (χ4v) is 2.66. The summed E-state index contributed by atoms with van der Waals surface area (Å²) >= 11 is 0. The van der Waals surface area contributed by atoms with E-state index in [9.17, 15) is 8.42 Å². The van der Waals surface area contributed by atoms with Gasteiger partial charge in [0.25, 0.3) is 0 Å². The molecule has 0 radical (unpaired) electrons. The zero-order chi connectivity index (χ0) is 14.3. The highest BCUT2D eigenvalue weighted by atomic mass is 32.2. The second-order valence-electron chi connectivity index (χ2n) is 4.50.